The predicted molar refractivity (Wildman–Crippen MR) is 85.1 cm³/mol. The molecule has 0 spiro atoms. The van der Waals surface area contributed by atoms with Gasteiger partial charge in [-0.2, -0.15) is 4.31 Å². The van der Waals surface area contributed by atoms with Crippen LogP contribution in [0.1, 0.15) is 15.9 Å². The minimum absolute atomic E-state index is 0.0788. The van der Waals surface area contributed by atoms with Gasteiger partial charge < -0.3 is 14.8 Å². The largest absolute Gasteiger partial charge is 0.468 e. The third-order valence-electron chi connectivity index (χ3n) is 3.66. The van der Waals surface area contributed by atoms with Crippen LogP contribution in [-0.2, 0) is 24.3 Å². The maximum absolute atomic E-state index is 12.8. The molecule has 1 aliphatic heterocycles. The second-order valence-electron chi connectivity index (χ2n) is 5.26. The highest BCUT2D eigenvalue weighted by Gasteiger charge is 2.28. The smallest absolute Gasteiger partial charge is 0.325 e. The van der Waals surface area contributed by atoms with Crippen LogP contribution in [0.25, 0.3) is 0 Å². The number of morpholine rings is 1. The van der Waals surface area contributed by atoms with Crippen LogP contribution in [0.4, 0.5) is 0 Å². The van der Waals surface area contributed by atoms with Crippen LogP contribution < -0.4 is 5.32 Å². The average molecular weight is 356 g/mol. The number of aryl methyl sites for hydroxylation is 1. The van der Waals surface area contributed by atoms with Gasteiger partial charge in [-0.05, 0) is 24.6 Å². The number of ether oxygens (including phenoxy) is 2. The minimum Gasteiger partial charge on any atom is -0.468 e. The van der Waals surface area contributed by atoms with E-state index in [-0.39, 0.29) is 30.1 Å². The Bertz CT molecular complexity index is 725. The van der Waals surface area contributed by atoms with Crippen LogP contribution >= 0.6 is 0 Å². The molecule has 1 aromatic carbocycles. The summed E-state index contributed by atoms with van der Waals surface area (Å²) < 4.78 is 36.5. The van der Waals surface area contributed by atoms with Crippen LogP contribution in [0.5, 0.6) is 0 Å². The molecule has 132 valence electrons. The van der Waals surface area contributed by atoms with Gasteiger partial charge in [-0.15, -0.1) is 0 Å². The molecule has 1 amide bonds. The van der Waals surface area contributed by atoms with Crippen molar-refractivity contribution in [1.82, 2.24) is 9.62 Å². The molecule has 1 aromatic rings. The highest BCUT2D eigenvalue weighted by molar-refractivity contribution is 7.89. The Hall–Kier alpha value is -1.97. The first kappa shape index (κ1) is 18.4. The molecule has 8 nitrogen and oxygen atoms in total. The summed E-state index contributed by atoms with van der Waals surface area (Å²) in [4.78, 5) is 23.2. The molecule has 1 N–H and O–H groups in total. The van der Waals surface area contributed by atoms with Gasteiger partial charge in [0.1, 0.15) is 6.54 Å². The van der Waals surface area contributed by atoms with E-state index < -0.39 is 21.9 Å². The number of hydrogen-bond acceptors (Lipinski definition) is 6. The van der Waals surface area contributed by atoms with E-state index in [1.165, 1.54) is 23.5 Å². The van der Waals surface area contributed by atoms with Crippen molar-refractivity contribution in [3.8, 4) is 0 Å². The number of sulfonamides is 1. The SMILES string of the molecule is COC(=O)CNC(=O)c1ccc(C)c(S(=O)(=O)N2CCOCC2)c1. The molecule has 0 unspecified atom stereocenters. The zero-order valence-corrected chi connectivity index (χ0v) is 14.4. The number of esters is 1. The average Bonchev–Trinajstić information content (AvgIpc) is 2.60. The number of carbonyl (C=O) groups excluding carboxylic acids is 2. The molecule has 2 rings (SSSR count). The number of nitrogens with zero attached hydrogens (tertiary/aromatic N) is 1. The lowest BCUT2D eigenvalue weighted by atomic mass is 10.1. The van der Waals surface area contributed by atoms with Crippen molar-refractivity contribution in [3.63, 3.8) is 0 Å². The first-order valence-electron chi connectivity index (χ1n) is 7.40. The number of benzene rings is 1. The molecule has 1 saturated heterocycles. The molecule has 0 bridgehead atoms. The van der Waals surface area contributed by atoms with Crippen molar-refractivity contribution in [2.45, 2.75) is 11.8 Å². The second-order valence-corrected chi connectivity index (χ2v) is 7.16. The molecule has 1 aliphatic rings. The van der Waals surface area contributed by atoms with Gasteiger partial charge in [0.2, 0.25) is 10.0 Å². The molecule has 0 aromatic heterocycles. The molecule has 0 saturated carbocycles. The van der Waals surface area contributed by atoms with E-state index in [2.05, 4.69) is 10.1 Å². The Morgan fingerprint density at radius 3 is 2.58 bits per heavy atom. The first-order chi connectivity index (χ1) is 11.4. The third-order valence-corrected chi connectivity index (χ3v) is 5.70. The zero-order chi connectivity index (χ0) is 17.7. The zero-order valence-electron chi connectivity index (χ0n) is 13.6. The normalized spacial score (nSPS) is 15.8. The number of carbonyl (C=O) groups is 2. The molecule has 0 radical (unpaired) electrons. The predicted octanol–water partition coefficient (Wildman–Crippen LogP) is -0.0813. The van der Waals surface area contributed by atoms with E-state index >= 15 is 0 Å². The summed E-state index contributed by atoms with van der Waals surface area (Å²) in [5.74, 6) is -1.13. The highest BCUT2D eigenvalue weighted by atomic mass is 32.2. The Morgan fingerprint density at radius 2 is 1.96 bits per heavy atom. The highest BCUT2D eigenvalue weighted by Crippen LogP contribution is 2.22. The summed E-state index contributed by atoms with van der Waals surface area (Å²) in [6.45, 7) is 2.63. The van der Waals surface area contributed by atoms with E-state index in [0.29, 0.717) is 18.8 Å². The van der Waals surface area contributed by atoms with Crippen LogP contribution in [0.3, 0.4) is 0 Å². The van der Waals surface area contributed by atoms with Crippen molar-refractivity contribution >= 4 is 21.9 Å². The minimum atomic E-state index is -3.70. The molecule has 0 aliphatic carbocycles. The van der Waals surface area contributed by atoms with Crippen LogP contribution in [-0.4, -0.2) is 64.6 Å². The lowest BCUT2D eigenvalue weighted by Gasteiger charge is -2.26. The molecule has 1 fully saturated rings. The van der Waals surface area contributed by atoms with Crippen LogP contribution in [0.15, 0.2) is 23.1 Å². The Morgan fingerprint density at radius 1 is 1.29 bits per heavy atom. The number of rotatable bonds is 5. The van der Waals surface area contributed by atoms with Gasteiger partial charge >= 0.3 is 5.97 Å². The Kier molecular flexibility index (Phi) is 5.92. The van der Waals surface area contributed by atoms with Crippen molar-refractivity contribution in [2.24, 2.45) is 0 Å². The first-order valence-corrected chi connectivity index (χ1v) is 8.84. The summed E-state index contributed by atoms with van der Waals surface area (Å²) in [7, 11) is -2.49. The van der Waals surface area contributed by atoms with Gasteiger partial charge in [0, 0.05) is 18.7 Å². The van der Waals surface area contributed by atoms with Crippen molar-refractivity contribution in [1.29, 1.82) is 0 Å². The molecule has 24 heavy (non-hydrogen) atoms. The fraction of sp³-hybridized carbons (Fsp3) is 0.467. The maximum atomic E-state index is 12.8. The van der Waals surface area contributed by atoms with Crippen LogP contribution in [0.2, 0.25) is 0 Å². The summed E-state index contributed by atoms with van der Waals surface area (Å²) in [5, 5.41) is 2.39. The lowest BCUT2D eigenvalue weighted by molar-refractivity contribution is -0.139. The van der Waals surface area contributed by atoms with Gasteiger partial charge in [0.25, 0.3) is 5.91 Å². The second kappa shape index (κ2) is 7.73. The van der Waals surface area contributed by atoms with Crippen molar-refractivity contribution < 1.29 is 27.5 Å². The lowest BCUT2D eigenvalue weighted by Crippen LogP contribution is -2.41. The molecule has 9 heteroatoms. The third kappa shape index (κ3) is 4.11. The van der Waals surface area contributed by atoms with Gasteiger partial charge in [-0.3, -0.25) is 9.59 Å². The van der Waals surface area contributed by atoms with E-state index in [1.54, 1.807) is 13.0 Å². The number of amides is 1. The fourth-order valence-corrected chi connectivity index (χ4v) is 3.93. The topological polar surface area (TPSA) is 102 Å². The molecule has 1 heterocycles. The van der Waals surface area contributed by atoms with Gasteiger partial charge in [0.05, 0.1) is 25.2 Å². The maximum Gasteiger partial charge on any atom is 0.325 e. The fourth-order valence-electron chi connectivity index (χ4n) is 2.27. The van der Waals surface area contributed by atoms with Crippen molar-refractivity contribution in [3.05, 3.63) is 29.3 Å². The molecular weight excluding hydrogens is 336 g/mol. The van der Waals surface area contributed by atoms with Gasteiger partial charge in [-0.1, -0.05) is 6.07 Å². The Labute approximate surface area is 140 Å². The van der Waals surface area contributed by atoms with Gasteiger partial charge in [0.15, 0.2) is 0 Å². The van der Waals surface area contributed by atoms with E-state index in [0.717, 1.165) is 0 Å². The quantitative estimate of drug-likeness (QED) is 0.741. The Balaban J connectivity index is 2.24. The van der Waals surface area contributed by atoms with Crippen molar-refractivity contribution in [2.75, 3.05) is 40.0 Å². The van der Waals surface area contributed by atoms with E-state index in [9.17, 15) is 18.0 Å². The molecular formula is C15H20N2O6S. The molecule has 0 atom stereocenters. The van der Waals surface area contributed by atoms with E-state index in [4.69, 9.17) is 4.74 Å². The summed E-state index contributed by atoms with van der Waals surface area (Å²) in [6, 6.07) is 4.41. The number of nitrogens with one attached hydrogen (secondary N) is 1. The van der Waals surface area contributed by atoms with Gasteiger partial charge in [-0.25, -0.2) is 8.42 Å². The summed E-state index contributed by atoms with van der Waals surface area (Å²) in [6.07, 6.45) is 0. The standard InChI is InChI=1S/C15H20N2O6S/c1-11-3-4-12(15(19)16-10-14(18)22-2)9-13(11)24(20,21)17-5-7-23-8-6-17/h3-4,9H,5-8,10H2,1-2H3,(H,16,19). The monoisotopic (exact) mass is 356 g/mol. The van der Waals surface area contributed by atoms with E-state index in [1.807, 2.05) is 0 Å². The number of hydrogen-bond donors (Lipinski definition) is 1. The summed E-state index contributed by atoms with van der Waals surface area (Å²) in [5.41, 5.74) is 0.711. The van der Waals surface area contributed by atoms with Crippen LogP contribution in [0, 0.1) is 6.92 Å². The summed E-state index contributed by atoms with van der Waals surface area (Å²) >= 11 is 0. The number of methoxy groups -OCH3 is 1.